The molecule has 0 aromatic heterocycles. The van der Waals surface area contributed by atoms with Crippen LogP contribution in [0.3, 0.4) is 0 Å². The van der Waals surface area contributed by atoms with Crippen LogP contribution in [0, 0.1) is 6.92 Å². The van der Waals surface area contributed by atoms with E-state index in [0.717, 1.165) is 37.3 Å². The van der Waals surface area contributed by atoms with Gasteiger partial charge in [0.1, 0.15) is 4.99 Å². The van der Waals surface area contributed by atoms with Crippen molar-refractivity contribution in [1.29, 1.82) is 0 Å². The lowest BCUT2D eigenvalue weighted by atomic mass is 10.0. The fourth-order valence-electron chi connectivity index (χ4n) is 2.12. The van der Waals surface area contributed by atoms with Crippen molar-refractivity contribution in [2.24, 2.45) is 5.73 Å². The van der Waals surface area contributed by atoms with Crippen LogP contribution in [-0.2, 0) is 4.74 Å². The molecule has 0 saturated carbocycles. The van der Waals surface area contributed by atoms with Crippen molar-refractivity contribution in [1.82, 2.24) is 0 Å². The number of rotatable bonds is 3. The summed E-state index contributed by atoms with van der Waals surface area (Å²) in [6.45, 7) is 3.69. The molecule has 0 radical (unpaired) electrons. The van der Waals surface area contributed by atoms with Gasteiger partial charge < -0.3 is 15.8 Å². The molecule has 3 nitrogen and oxygen atoms in total. The van der Waals surface area contributed by atoms with Crippen LogP contribution in [0.2, 0.25) is 0 Å². The summed E-state index contributed by atoms with van der Waals surface area (Å²) in [5.41, 5.74) is 8.89. The third kappa shape index (κ3) is 2.96. The van der Waals surface area contributed by atoms with E-state index in [4.69, 9.17) is 22.7 Å². The van der Waals surface area contributed by atoms with Crippen LogP contribution in [0.25, 0.3) is 0 Å². The van der Waals surface area contributed by atoms with Crippen molar-refractivity contribution in [2.75, 3.05) is 18.5 Å². The Labute approximate surface area is 107 Å². The number of nitrogens with two attached hydrogens (primary N) is 1. The van der Waals surface area contributed by atoms with Gasteiger partial charge in [0.05, 0.1) is 6.61 Å². The second kappa shape index (κ2) is 5.47. The zero-order valence-corrected chi connectivity index (χ0v) is 10.8. The van der Waals surface area contributed by atoms with E-state index in [9.17, 15) is 0 Å². The molecule has 2 rings (SSSR count). The van der Waals surface area contributed by atoms with Gasteiger partial charge in [-0.15, -0.1) is 0 Å². The zero-order chi connectivity index (χ0) is 12.3. The van der Waals surface area contributed by atoms with E-state index < -0.39 is 0 Å². The molecule has 92 valence electrons. The van der Waals surface area contributed by atoms with Gasteiger partial charge in [0, 0.05) is 23.9 Å². The first-order valence-electron chi connectivity index (χ1n) is 5.92. The Morgan fingerprint density at radius 2 is 2.35 bits per heavy atom. The van der Waals surface area contributed by atoms with E-state index in [-0.39, 0.29) is 0 Å². The van der Waals surface area contributed by atoms with Gasteiger partial charge in [0.2, 0.25) is 0 Å². The SMILES string of the molecule is Cc1cccc(C(N)=S)c1NC1CCCOC1. The highest BCUT2D eigenvalue weighted by Gasteiger charge is 2.16. The van der Waals surface area contributed by atoms with Gasteiger partial charge in [0.15, 0.2) is 0 Å². The van der Waals surface area contributed by atoms with Crippen LogP contribution in [-0.4, -0.2) is 24.2 Å². The maximum atomic E-state index is 5.75. The summed E-state index contributed by atoms with van der Waals surface area (Å²) in [5.74, 6) is 0. The van der Waals surface area contributed by atoms with Crippen LogP contribution in [0.4, 0.5) is 5.69 Å². The third-order valence-electron chi connectivity index (χ3n) is 3.05. The Bertz CT molecular complexity index is 414. The van der Waals surface area contributed by atoms with Crippen LogP contribution in [0.15, 0.2) is 18.2 Å². The summed E-state index contributed by atoms with van der Waals surface area (Å²) in [6, 6.07) is 6.36. The van der Waals surface area contributed by atoms with Gasteiger partial charge in [-0.25, -0.2) is 0 Å². The topological polar surface area (TPSA) is 47.3 Å². The normalized spacial score (nSPS) is 19.9. The van der Waals surface area contributed by atoms with E-state index in [2.05, 4.69) is 18.3 Å². The molecule has 1 unspecified atom stereocenters. The Hall–Kier alpha value is -1.13. The number of ether oxygens (including phenoxy) is 1. The van der Waals surface area contributed by atoms with E-state index in [1.54, 1.807) is 0 Å². The molecule has 1 saturated heterocycles. The molecule has 0 amide bonds. The minimum atomic E-state index is 0.359. The van der Waals surface area contributed by atoms with Crippen molar-refractivity contribution in [3.63, 3.8) is 0 Å². The van der Waals surface area contributed by atoms with Crippen molar-refractivity contribution < 1.29 is 4.74 Å². The maximum Gasteiger partial charge on any atom is 0.106 e. The van der Waals surface area contributed by atoms with Gasteiger partial charge in [0.25, 0.3) is 0 Å². The Balaban J connectivity index is 2.21. The molecular formula is C13H18N2OS. The van der Waals surface area contributed by atoms with Gasteiger partial charge in [-0.3, -0.25) is 0 Å². The maximum absolute atomic E-state index is 5.75. The fourth-order valence-corrected chi connectivity index (χ4v) is 2.29. The number of hydrogen-bond acceptors (Lipinski definition) is 3. The monoisotopic (exact) mass is 250 g/mol. The number of hydrogen-bond donors (Lipinski definition) is 2. The standard InChI is InChI=1S/C13H18N2OS/c1-9-4-2-6-11(13(14)17)12(9)15-10-5-3-7-16-8-10/h2,4,6,10,15H,3,5,7-8H2,1H3,(H2,14,17). The predicted octanol–water partition coefficient (Wildman–Crippen LogP) is 2.22. The van der Waals surface area contributed by atoms with E-state index in [1.807, 2.05) is 12.1 Å². The number of thiocarbonyl (C=S) groups is 1. The van der Waals surface area contributed by atoms with Crippen LogP contribution in [0.5, 0.6) is 0 Å². The van der Waals surface area contributed by atoms with Gasteiger partial charge in [-0.2, -0.15) is 0 Å². The molecule has 3 N–H and O–H groups in total. The number of benzene rings is 1. The number of nitrogens with one attached hydrogen (secondary N) is 1. The zero-order valence-electron chi connectivity index (χ0n) is 10.0. The first kappa shape index (κ1) is 12.3. The first-order valence-corrected chi connectivity index (χ1v) is 6.33. The molecule has 17 heavy (non-hydrogen) atoms. The molecule has 1 heterocycles. The lowest BCUT2D eigenvalue weighted by Crippen LogP contribution is -2.31. The van der Waals surface area contributed by atoms with E-state index in [0.29, 0.717) is 11.0 Å². The molecule has 1 aromatic carbocycles. The second-order valence-electron chi connectivity index (χ2n) is 4.42. The molecule has 0 bridgehead atoms. The number of anilines is 1. The van der Waals surface area contributed by atoms with Crippen LogP contribution < -0.4 is 11.1 Å². The molecule has 1 aromatic rings. The smallest absolute Gasteiger partial charge is 0.106 e. The van der Waals surface area contributed by atoms with Crippen molar-refractivity contribution in [3.05, 3.63) is 29.3 Å². The van der Waals surface area contributed by atoms with E-state index >= 15 is 0 Å². The molecule has 1 atom stereocenters. The molecule has 0 spiro atoms. The Morgan fingerprint density at radius 1 is 1.53 bits per heavy atom. The summed E-state index contributed by atoms with van der Waals surface area (Å²) in [5, 5.41) is 3.51. The van der Waals surface area contributed by atoms with Crippen LogP contribution in [0.1, 0.15) is 24.0 Å². The summed E-state index contributed by atoms with van der Waals surface area (Å²) < 4.78 is 5.47. The van der Waals surface area contributed by atoms with Gasteiger partial charge in [-0.1, -0.05) is 24.4 Å². The Kier molecular flexibility index (Phi) is 3.97. The largest absolute Gasteiger partial charge is 0.389 e. The average molecular weight is 250 g/mol. The second-order valence-corrected chi connectivity index (χ2v) is 4.86. The summed E-state index contributed by atoms with van der Waals surface area (Å²) >= 11 is 5.08. The number of aryl methyl sites for hydroxylation is 1. The van der Waals surface area contributed by atoms with Crippen LogP contribution >= 0.6 is 12.2 Å². The highest BCUT2D eigenvalue weighted by atomic mass is 32.1. The highest BCUT2D eigenvalue weighted by molar-refractivity contribution is 7.80. The molecule has 1 fully saturated rings. The quantitative estimate of drug-likeness (QED) is 0.808. The lowest BCUT2D eigenvalue weighted by molar-refractivity contribution is 0.0876. The minimum absolute atomic E-state index is 0.359. The molecule has 1 aliphatic heterocycles. The third-order valence-corrected chi connectivity index (χ3v) is 3.27. The van der Waals surface area contributed by atoms with E-state index in [1.165, 1.54) is 5.56 Å². The molecular weight excluding hydrogens is 232 g/mol. The Morgan fingerprint density at radius 3 is 3.00 bits per heavy atom. The summed E-state index contributed by atoms with van der Waals surface area (Å²) in [7, 11) is 0. The fraction of sp³-hybridized carbons (Fsp3) is 0.462. The molecule has 0 aliphatic carbocycles. The molecule has 4 heteroatoms. The minimum Gasteiger partial charge on any atom is -0.389 e. The molecule has 1 aliphatic rings. The van der Waals surface area contributed by atoms with Gasteiger partial charge >= 0.3 is 0 Å². The highest BCUT2D eigenvalue weighted by Crippen LogP contribution is 2.23. The van der Waals surface area contributed by atoms with Crippen molar-refractivity contribution in [3.8, 4) is 0 Å². The van der Waals surface area contributed by atoms with Gasteiger partial charge in [-0.05, 0) is 31.4 Å². The van der Waals surface area contributed by atoms with Crippen molar-refractivity contribution in [2.45, 2.75) is 25.8 Å². The first-order chi connectivity index (χ1) is 8.18. The summed E-state index contributed by atoms with van der Waals surface area (Å²) in [4.78, 5) is 0.438. The van der Waals surface area contributed by atoms with Crippen molar-refractivity contribution >= 4 is 22.9 Å². The lowest BCUT2D eigenvalue weighted by Gasteiger charge is -2.26. The predicted molar refractivity (Wildman–Crippen MR) is 74.5 cm³/mol. The number of para-hydroxylation sites is 1. The average Bonchev–Trinajstić information content (AvgIpc) is 2.33. The summed E-state index contributed by atoms with van der Waals surface area (Å²) in [6.07, 6.45) is 2.23.